The number of carbonyl (C=O) groups excluding carboxylic acids is 1. The summed E-state index contributed by atoms with van der Waals surface area (Å²) in [7, 11) is -2.93. The number of esters is 1. The summed E-state index contributed by atoms with van der Waals surface area (Å²) in [6.45, 7) is 19.0. The molecule has 174 valence electrons. The van der Waals surface area contributed by atoms with E-state index >= 15 is 0 Å². The fourth-order valence-corrected chi connectivity index (χ4v) is 9.52. The maximum atomic E-state index is 12.9. The van der Waals surface area contributed by atoms with E-state index in [2.05, 4.69) is 78.8 Å². The van der Waals surface area contributed by atoms with E-state index in [1.54, 1.807) is 0 Å². The predicted octanol–water partition coefficient (Wildman–Crippen LogP) is 6.73. The average Bonchev–Trinajstić information content (AvgIpc) is 2.63. The van der Waals surface area contributed by atoms with Crippen molar-refractivity contribution < 1.29 is 18.4 Å². The molecule has 2 rings (SSSR count). The zero-order valence-corrected chi connectivity index (χ0v) is 22.0. The number of ether oxygens (including phenoxy) is 1. The molecule has 2 atom stereocenters. The molecule has 0 fully saturated rings. The van der Waals surface area contributed by atoms with Gasteiger partial charge in [-0.2, -0.15) is 0 Å². The van der Waals surface area contributed by atoms with Gasteiger partial charge in [0, 0.05) is 16.5 Å². The number of hydrogen-bond donors (Lipinski definition) is 0. The topological polar surface area (TPSA) is 44.8 Å². The second-order valence-corrected chi connectivity index (χ2v) is 15.7. The molecule has 0 unspecified atom stereocenters. The standard InChI is InChI=1S/C26H42O4Si/c1-19(2)28-24(27)23-17-15-20(3)22(18-16-21-13-11-10-12-14-21)29-31(30-23,25(4,5)6)26(7,8)9/h10-15,19,22-23H,16-18H2,1-9H3/b20-15+/t22-,23+/m1/s1. The van der Waals surface area contributed by atoms with E-state index in [1.165, 1.54) is 11.1 Å². The Morgan fingerprint density at radius 2 is 1.65 bits per heavy atom. The third-order valence-corrected chi connectivity index (χ3v) is 11.1. The number of benzene rings is 1. The normalized spacial score (nSPS) is 24.1. The highest BCUT2D eigenvalue weighted by Gasteiger charge is 2.61. The van der Waals surface area contributed by atoms with Gasteiger partial charge in [-0.3, -0.25) is 0 Å². The highest BCUT2D eigenvalue weighted by molar-refractivity contribution is 6.73. The van der Waals surface area contributed by atoms with Crippen molar-refractivity contribution in [1.82, 2.24) is 0 Å². The number of rotatable bonds is 5. The second-order valence-electron chi connectivity index (χ2n) is 11.0. The van der Waals surface area contributed by atoms with Crippen molar-refractivity contribution in [2.24, 2.45) is 0 Å². The summed E-state index contributed by atoms with van der Waals surface area (Å²) in [5.74, 6) is -0.296. The van der Waals surface area contributed by atoms with Crippen LogP contribution in [0.1, 0.15) is 80.7 Å². The van der Waals surface area contributed by atoms with E-state index in [-0.39, 0.29) is 28.3 Å². The molecule has 0 aromatic heterocycles. The van der Waals surface area contributed by atoms with Crippen LogP contribution in [0, 0.1) is 0 Å². The summed E-state index contributed by atoms with van der Waals surface area (Å²) in [5.41, 5.74) is 2.48. The second kappa shape index (κ2) is 10.0. The first-order valence-electron chi connectivity index (χ1n) is 11.5. The van der Waals surface area contributed by atoms with Gasteiger partial charge in [0.15, 0.2) is 0 Å². The highest BCUT2D eigenvalue weighted by atomic mass is 28.4. The number of carbonyl (C=O) groups is 1. The van der Waals surface area contributed by atoms with Crippen LogP contribution in [0.25, 0.3) is 0 Å². The Bertz CT molecular complexity index is 742. The SMILES string of the molecule is C/C1=C\C[C@@H](C(=O)OC(C)C)O[Si](C(C)(C)C)(C(C)(C)C)O[C@@H]1CCc1ccccc1. The van der Waals surface area contributed by atoms with E-state index < -0.39 is 14.7 Å². The lowest BCUT2D eigenvalue weighted by molar-refractivity contribution is -0.157. The van der Waals surface area contributed by atoms with Gasteiger partial charge in [0.1, 0.15) is 6.10 Å². The van der Waals surface area contributed by atoms with Crippen molar-refractivity contribution in [3.05, 3.63) is 47.5 Å². The molecule has 1 aromatic carbocycles. The smallest absolute Gasteiger partial charge is 0.350 e. The van der Waals surface area contributed by atoms with E-state index in [0.29, 0.717) is 6.42 Å². The van der Waals surface area contributed by atoms with Crippen molar-refractivity contribution in [3.8, 4) is 0 Å². The lowest BCUT2D eigenvalue weighted by Crippen LogP contribution is -2.62. The Labute approximate surface area is 190 Å². The first kappa shape index (κ1) is 25.8. The van der Waals surface area contributed by atoms with Crippen molar-refractivity contribution in [2.75, 3.05) is 0 Å². The van der Waals surface area contributed by atoms with Crippen LogP contribution in [0.4, 0.5) is 0 Å². The molecule has 0 radical (unpaired) electrons. The van der Waals surface area contributed by atoms with E-state index in [9.17, 15) is 4.79 Å². The van der Waals surface area contributed by atoms with E-state index in [0.717, 1.165) is 12.8 Å². The first-order valence-corrected chi connectivity index (χ1v) is 13.3. The molecule has 1 aliphatic rings. The van der Waals surface area contributed by atoms with Crippen LogP contribution >= 0.6 is 0 Å². The Morgan fingerprint density at radius 1 is 1.06 bits per heavy atom. The van der Waals surface area contributed by atoms with Gasteiger partial charge in [0.05, 0.1) is 12.2 Å². The van der Waals surface area contributed by atoms with Crippen LogP contribution in [-0.4, -0.2) is 32.8 Å². The van der Waals surface area contributed by atoms with Crippen LogP contribution in [0.2, 0.25) is 10.1 Å². The zero-order chi connectivity index (χ0) is 23.4. The summed E-state index contributed by atoms with van der Waals surface area (Å²) in [6.07, 6.45) is 3.59. The minimum absolute atomic E-state index is 0.0348. The molecule has 1 aliphatic heterocycles. The van der Waals surface area contributed by atoms with Crippen LogP contribution in [0.5, 0.6) is 0 Å². The molecule has 0 aliphatic carbocycles. The van der Waals surface area contributed by atoms with Crippen LogP contribution in [-0.2, 0) is 24.8 Å². The molecule has 0 bridgehead atoms. The lowest BCUT2D eigenvalue weighted by Gasteiger charge is -2.52. The Balaban J connectivity index is 2.45. The van der Waals surface area contributed by atoms with Gasteiger partial charge in [-0.1, -0.05) is 78.0 Å². The minimum Gasteiger partial charge on any atom is -0.461 e. The fraction of sp³-hybridized carbons (Fsp3) is 0.654. The van der Waals surface area contributed by atoms with Gasteiger partial charge < -0.3 is 13.6 Å². The molecular weight excluding hydrogens is 404 g/mol. The summed E-state index contributed by atoms with van der Waals surface area (Å²) in [5, 5.41) is -0.464. The Kier molecular flexibility index (Phi) is 8.34. The number of aryl methyl sites for hydroxylation is 1. The van der Waals surface area contributed by atoms with E-state index in [1.807, 2.05) is 19.9 Å². The van der Waals surface area contributed by atoms with Crippen molar-refractivity contribution >= 4 is 14.5 Å². The van der Waals surface area contributed by atoms with Crippen LogP contribution < -0.4 is 0 Å². The molecule has 5 heteroatoms. The van der Waals surface area contributed by atoms with Gasteiger partial charge >= 0.3 is 14.5 Å². The molecule has 1 heterocycles. The highest BCUT2D eigenvalue weighted by Crippen LogP contribution is 2.54. The predicted molar refractivity (Wildman–Crippen MR) is 129 cm³/mol. The van der Waals surface area contributed by atoms with Crippen molar-refractivity contribution in [3.63, 3.8) is 0 Å². The molecule has 31 heavy (non-hydrogen) atoms. The fourth-order valence-electron chi connectivity index (χ4n) is 4.51. The summed E-state index contributed by atoms with van der Waals surface area (Å²) in [6, 6.07) is 10.5. The van der Waals surface area contributed by atoms with Gasteiger partial charge in [-0.25, -0.2) is 4.79 Å². The Hall–Kier alpha value is -1.43. The van der Waals surface area contributed by atoms with Crippen LogP contribution in [0.15, 0.2) is 42.0 Å². The molecule has 0 N–H and O–H groups in total. The molecule has 1 aromatic rings. The summed E-state index contributed by atoms with van der Waals surface area (Å²) < 4.78 is 19.4. The minimum atomic E-state index is -2.93. The monoisotopic (exact) mass is 446 g/mol. The molecule has 0 amide bonds. The lowest BCUT2D eigenvalue weighted by atomic mass is 10.0. The van der Waals surface area contributed by atoms with Crippen molar-refractivity contribution in [1.29, 1.82) is 0 Å². The first-order chi connectivity index (χ1) is 14.3. The van der Waals surface area contributed by atoms with Gasteiger partial charge in [-0.15, -0.1) is 0 Å². The summed E-state index contributed by atoms with van der Waals surface area (Å²) >= 11 is 0. The Morgan fingerprint density at radius 3 is 2.16 bits per heavy atom. The quantitative estimate of drug-likeness (QED) is 0.286. The average molecular weight is 447 g/mol. The third kappa shape index (κ3) is 6.30. The molecule has 0 saturated carbocycles. The molecule has 0 saturated heterocycles. The third-order valence-electron chi connectivity index (χ3n) is 5.91. The molecular formula is C26H42O4Si. The van der Waals surface area contributed by atoms with Gasteiger partial charge in [0.2, 0.25) is 0 Å². The van der Waals surface area contributed by atoms with Gasteiger partial charge in [0.25, 0.3) is 0 Å². The van der Waals surface area contributed by atoms with Crippen LogP contribution in [0.3, 0.4) is 0 Å². The maximum absolute atomic E-state index is 12.9. The molecule has 4 nitrogen and oxygen atoms in total. The van der Waals surface area contributed by atoms with Gasteiger partial charge in [-0.05, 0) is 44.7 Å². The number of hydrogen-bond acceptors (Lipinski definition) is 4. The summed E-state index contributed by atoms with van der Waals surface area (Å²) in [4.78, 5) is 12.9. The molecule has 0 spiro atoms. The largest absolute Gasteiger partial charge is 0.461 e. The zero-order valence-electron chi connectivity index (χ0n) is 21.0. The maximum Gasteiger partial charge on any atom is 0.350 e. The van der Waals surface area contributed by atoms with Crippen molar-refractivity contribution in [2.45, 2.75) is 110 Å². The van der Waals surface area contributed by atoms with E-state index in [4.69, 9.17) is 13.6 Å².